The van der Waals surface area contributed by atoms with E-state index in [9.17, 15) is 4.79 Å². The minimum absolute atomic E-state index is 0.127. The predicted octanol–water partition coefficient (Wildman–Crippen LogP) is 3.64. The molecule has 0 aliphatic carbocycles. The molecule has 1 heterocycles. The van der Waals surface area contributed by atoms with E-state index in [1.54, 1.807) is 7.11 Å². The Hall–Kier alpha value is -1.03. The maximum absolute atomic E-state index is 12.6. The van der Waals surface area contributed by atoms with Gasteiger partial charge >= 0.3 is 0 Å². The molecule has 20 heavy (non-hydrogen) atoms. The van der Waals surface area contributed by atoms with Crippen LogP contribution in [0.5, 0.6) is 5.75 Å². The highest BCUT2D eigenvalue weighted by Crippen LogP contribution is 2.24. The highest BCUT2D eigenvalue weighted by molar-refractivity contribution is 9.09. The number of hydrogen-bond donors (Lipinski definition) is 0. The molecule has 1 aromatic carbocycles. The van der Waals surface area contributed by atoms with Gasteiger partial charge in [-0.3, -0.25) is 4.79 Å². The Bertz CT molecular complexity index is 474. The van der Waals surface area contributed by atoms with Gasteiger partial charge in [0, 0.05) is 24.0 Å². The molecule has 1 atom stereocenters. The number of benzene rings is 1. The van der Waals surface area contributed by atoms with Gasteiger partial charge in [-0.2, -0.15) is 0 Å². The average molecular weight is 340 g/mol. The highest BCUT2D eigenvalue weighted by Gasteiger charge is 2.24. The average Bonchev–Trinajstić information content (AvgIpc) is 2.48. The molecule has 1 fully saturated rings. The number of likely N-dealkylation sites (tertiary alicyclic amines) is 1. The number of halogens is 1. The number of hydrogen-bond acceptors (Lipinski definition) is 2. The van der Waals surface area contributed by atoms with E-state index in [-0.39, 0.29) is 5.91 Å². The summed E-state index contributed by atoms with van der Waals surface area (Å²) in [6.45, 7) is 3.73. The van der Waals surface area contributed by atoms with Crippen molar-refractivity contribution in [3.63, 3.8) is 0 Å². The second kappa shape index (κ2) is 7.11. The highest BCUT2D eigenvalue weighted by atomic mass is 79.9. The largest absolute Gasteiger partial charge is 0.496 e. The number of carbonyl (C=O) groups excluding carboxylic acids is 1. The lowest BCUT2D eigenvalue weighted by molar-refractivity contribution is 0.0671. The summed E-state index contributed by atoms with van der Waals surface area (Å²) < 4.78 is 5.31. The van der Waals surface area contributed by atoms with Crippen LogP contribution in [0.3, 0.4) is 0 Å². The summed E-state index contributed by atoms with van der Waals surface area (Å²) in [5.74, 6) is 1.53. The molecule has 1 unspecified atom stereocenters. The first kappa shape index (κ1) is 15.4. The molecule has 1 aliphatic heterocycles. The first-order valence-electron chi connectivity index (χ1n) is 7.15. The number of aryl methyl sites for hydroxylation is 1. The van der Waals surface area contributed by atoms with Crippen LogP contribution in [0.4, 0.5) is 0 Å². The van der Waals surface area contributed by atoms with E-state index in [0.717, 1.165) is 48.1 Å². The normalized spacial score (nSPS) is 18.9. The van der Waals surface area contributed by atoms with Crippen LogP contribution in [0.25, 0.3) is 0 Å². The van der Waals surface area contributed by atoms with Crippen LogP contribution in [0.1, 0.15) is 35.2 Å². The second-order valence-corrected chi connectivity index (χ2v) is 6.21. The lowest BCUT2D eigenvalue weighted by atomic mass is 9.95. The van der Waals surface area contributed by atoms with E-state index in [1.165, 1.54) is 6.42 Å². The lowest BCUT2D eigenvalue weighted by Crippen LogP contribution is -2.40. The van der Waals surface area contributed by atoms with E-state index in [2.05, 4.69) is 15.9 Å². The standard InChI is InChI=1S/C16H22BrNO2/c1-12-5-6-14(10-15(12)20-2)16(19)18-9-3-4-13(11-18)7-8-17/h5-6,10,13H,3-4,7-9,11H2,1-2H3. The summed E-state index contributed by atoms with van der Waals surface area (Å²) in [6.07, 6.45) is 3.47. The van der Waals surface area contributed by atoms with Gasteiger partial charge in [-0.15, -0.1) is 0 Å². The molecule has 1 amide bonds. The van der Waals surface area contributed by atoms with Crippen molar-refractivity contribution < 1.29 is 9.53 Å². The lowest BCUT2D eigenvalue weighted by Gasteiger charge is -2.32. The maximum atomic E-state index is 12.6. The van der Waals surface area contributed by atoms with Crippen molar-refractivity contribution in [3.8, 4) is 5.75 Å². The van der Waals surface area contributed by atoms with E-state index >= 15 is 0 Å². The number of carbonyl (C=O) groups is 1. The third-order valence-corrected chi connectivity index (χ3v) is 4.44. The molecule has 110 valence electrons. The second-order valence-electron chi connectivity index (χ2n) is 5.42. The van der Waals surface area contributed by atoms with E-state index in [4.69, 9.17) is 4.74 Å². The van der Waals surface area contributed by atoms with Crippen LogP contribution in [0.2, 0.25) is 0 Å². The third kappa shape index (κ3) is 3.54. The molecule has 3 nitrogen and oxygen atoms in total. The minimum Gasteiger partial charge on any atom is -0.496 e. The van der Waals surface area contributed by atoms with Crippen molar-refractivity contribution in [2.45, 2.75) is 26.2 Å². The summed E-state index contributed by atoms with van der Waals surface area (Å²) in [5.41, 5.74) is 1.78. The van der Waals surface area contributed by atoms with Crippen molar-refractivity contribution in [2.75, 3.05) is 25.5 Å². The van der Waals surface area contributed by atoms with Gasteiger partial charge in [0.2, 0.25) is 0 Å². The van der Waals surface area contributed by atoms with Crippen molar-refractivity contribution in [1.29, 1.82) is 0 Å². The molecule has 2 rings (SSSR count). The molecule has 0 N–H and O–H groups in total. The monoisotopic (exact) mass is 339 g/mol. The van der Waals surface area contributed by atoms with Gasteiger partial charge < -0.3 is 9.64 Å². The molecule has 1 aliphatic rings. The number of nitrogens with zero attached hydrogens (tertiary/aromatic N) is 1. The van der Waals surface area contributed by atoms with E-state index < -0.39 is 0 Å². The number of ether oxygens (including phenoxy) is 1. The van der Waals surface area contributed by atoms with Gasteiger partial charge in [0.25, 0.3) is 5.91 Å². The quantitative estimate of drug-likeness (QED) is 0.783. The summed E-state index contributed by atoms with van der Waals surface area (Å²) >= 11 is 3.49. The number of alkyl halides is 1. The molecule has 0 aromatic heterocycles. The zero-order chi connectivity index (χ0) is 14.5. The van der Waals surface area contributed by atoms with Gasteiger partial charge in [0.15, 0.2) is 0 Å². The number of methoxy groups -OCH3 is 1. The fraction of sp³-hybridized carbons (Fsp3) is 0.562. The van der Waals surface area contributed by atoms with Gasteiger partial charge in [-0.25, -0.2) is 0 Å². The summed E-state index contributed by atoms with van der Waals surface area (Å²) in [5, 5.41) is 1.01. The Morgan fingerprint density at radius 1 is 1.50 bits per heavy atom. The zero-order valence-electron chi connectivity index (χ0n) is 12.2. The Balaban J connectivity index is 2.10. The predicted molar refractivity (Wildman–Crippen MR) is 84.8 cm³/mol. The molecule has 0 saturated carbocycles. The van der Waals surface area contributed by atoms with Gasteiger partial charge in [-0.05, 0) is 49.8 Å². The SMILES string of the molecule is COc1cc(C(=O)N2CCCC(CCBr)C2)ccc1C. The smallest absolute Gasteiger partial charge is 0.253 e. The number of rotatable bonds is 4. The van der Waals surface area contributed by atoms with Crippen molar-refractivity contribution in [1.82, 2.24) is 4.90 Å². The number of amides is 1. The molecule has 0 radical (unpaired) electrons. The topological polar surface area (TPSA) is 29.5 Å². The van der Waals surface area contributed by atoms with Gasteiger partial charge in [-0.1, -0.05) is 22.0 Å². The third-order valence-electron chi connectivity index (χ3n) is 3.98. The van der Waals surface area contributed by atoms with Crippen molar-refractivity contribution in [2.24, 2.45) is 5.92 Å². The van der Waals surface area contributed by atoms with Crippen molar-refractivity contribution in [3.05, 3.63) is 29.3 Å². The van der Waals surface area contributed by atoms with Crippen molar-refractivity contribution >= 4 is 21.8 Å². The molecule has 1 aromatic rings. The summed E-state index contributed by atoms with van der Waals surface area (Å²) in [7, 11) is 1.64. The fourth-order valence-electron chi connectivity index (χ4n) is 2.78. The first-order valence-corrected chi connectivity index (χ1v) is 8.27. The van der Waals surface area contributed by atoms with Crippen LogP contribution in [0, 0.1) is 12.8 Å². The zero-order valence-corrected chi connectivity index (χ0v) is 13.8. The molecular formula is C16H22BrNO2. The van der Waals surface area contributed by atoms with Crippen LogP contribution >= 0.6 is 15.9 Å². The first-order chi connectivity index (χ1) is 9.65. The van der Waals surface area contributed by atoms with E-state index in [0.29, 0.717) is 5.92 Å². The summed E-state index contributed by atoms with van der Waals surface area (Å²) in [6, 6.07) is 5.70. The Morgan fingerprint density at radius 2 is 2.30 bits per heavy atom. The van der Waals surface area contributed by atoms with Crippen LogP contribution in [-0.4, -0.2) is 36.3 Å². The Kier molecular flexibility index (Phi) is 5.46. The van der Waals surface area contributed by atoms with Gasteiger partial charge in [0.05, 0.1) is 7.11 Å². The molecular weight excluding hydrogens is 318 g/mol. The Morgan fingerprint density at radius 3 is 3.00 bits per heavy atom. The fourth-order valence-corrected chi connectivity index (χ4v) is 3.42. The molecule has 0 spiro atoms. The summed E-state index contributed by atoms with van der Waals surface area (Å²) in [4.78, 5) is 14.6. The Labute approximate surface area is 129 Å². The van der Waals surface area contributed by atoms with Crippen LogP contribution < -0.4 is 4.74 Å². The maximum Gasteiger partial charge on any atom is 0.253 e. The number of piperidine rings is 1. The van der Waals surface area contributed by atoms with Crippen LogP contribution in [0.15, 0.2) is 18.2 Å². The van der Waals surface area contributed by atoms with E-state index in [1.807, 2.05) is 30.0 Å². The minimum atomic E-state index is 0.127. The van der Waals surface area contributed by atoms with Gasteiger partial charge in [0.1, 0.15) is 5.75 Å². The molecule has 1 saturated heterocycles. The molecule has 0 bridgehead atoms. The molecule has 4 heteroatoms. The van der Waals surface area contributed by atoms with Crippen LogP contribution in [-0.2, 0) is 0 Å².